The summed E-state index contributed by atoms with van der Waals surface area (Å²) in [4.78, 5) is 26.6. The summed E-state index contributed by atoms with van der Waals surface area (Å²) < 4.78 is 0. The van der Waals surface area contributed by atoms with Crippen LogP contribution in [0.1, 0.15) is 46.0 Å². The average Bonchev–Trinajstić information content (AvgIpc) is 2.45. The molecule has 2 amide bonds. The zero-order valence-corrected chi connectivity index (χ0v) is 13.3. The fraction of sp³-hybridized carbons (Fsp3) is 0.867. The number of nitrogens with one attached hydrogen (secondary N) is 1. The monoisotopic (exact) mass is 299 g/mol. The first-order valence-electron chi connectivity index (χ1n) is 8.02. The number of carboxylic acids is 1. The summed E-state index contributed by atoms with van der Waals surface area (Å²) in [6.45, 7) is 7.65. The molecule has 1 heterocycles. The number of rotatable bonds is 8. The van der Waals surface area contributed by atoms with E-state index in [2.05, 4.69) is 24.1 Å². The molecular weight excluding hydrogens is 270 g/mol. The predicted molar refractivity (Wildman–Crippen MR) is 82.4 cm³/mol. The lowest BCUT2D eigenvalue weighted by Gasteiger charge is -2.35. The minimum absolute atomic E-state index is 0.0110. The van der Waals surface area contributed by atoms with E-state index in [0.29, 0.717) is 19.6 Å². The lowest BCUT2D eigenvalue weighted by molar-refractivity contribution is -0.137. The van der Waals surface area contributed by atoms with Crippen molar-refractivity contribution in [2.75, 3.05) is 32.7 Å². The topological polar surface area (TPSA) is 72.9 Å². The minimum atomic E-state index is -0.768. The number of aliphatic carboxylic acids is 1. The van der Waals surface area contributed by atoms with Crippen molar-refractivity contribution in [1.29, 1.82) is 0 Å². The van der Waals surface area contributed by atoms with Gasteiger partial charge in [-0.25, -0.2) is 4.79 Å². The molecule has 122 valence electrons. The summed E-state index contributed by atoms with van der Waals surface area (Å²) in [5, 5.41) is 11.7. The van der Waals surface area contributed by atoms with Gasteiger partial charge in [-0.2, -0.15) is 0 Å². The van der Waals surface area contributed by atoms with Gasteiger partial charge in [0.25, 0.3) is 0 Å². The van der Waals surface area contributed by atoms with Gasteiger partial charge >= 0.3 is 12.0 Å². The van der Waals surface area contributed by atoms with Gasteiger partial charge in [0.2, 0.25) is 0 Å². The summed E-state index contributed by atoms with van der Waals surface area (Å²) >= 11 is 0. The zero-order valence-electron chi connectivity index (χ0n) is 13.3. The number of amides is 2. The maximum absolute atomic E-state index is 12.1. The summed E-state index contributed by atoms with van der Waals surface area (Å²) in [6, 6.07) is 0.228. The molecule has 2 N–H and O–H groups in total. The van der Waals surface area contributed by atoms with E-state index in [0.717, 1.165) is 25.9 Å². The van der Waals surface area contributed by atoms with Gasteiger partial charge < -0.3 is 15.3 Å². The molecule has 1 aliphatic rings. The van der Waals surface area contributed by atoms with Crippen molar-refractivity contribution in [1.82, 2.24) is 15.1 Å². The van der Waals surface area contributed by atoms with Crippen LogP contribution in [-0.4, -0.2) is 65.7 Å². The van der Waals surface area contributed by atoms with Crippen LogP contribution >= 0.6 is 0 Å². The van der Waals surface area contributed by atoms with Crippen LogP contribution in [0.25, 0.3) is 0 Å². The van der Waals surface area contributed by atoms with Crippen LogP contribution < -0.4 is 5.32 Å². The molecular formula is C15H29N3O3. The Balaban J connectivity index is 2.20. The highest BCUT2D eigenvalue weighted by Crippen LogP contribution is 2.06. The van der Waals surface area contributed by atoms with Gasteiger partial charge in [0, 0.05) is 38.8 Å². The number of urea groups is 1. The van der Waals surface area contributed by atoms with E-state index in [1.165, 1.54) is 12.8 Å². The Labute approximate surface area is 127 Å². The third-order valence-corrected chi connectivity index (χ3v) is 3.91. The maximum atomic E-state index is 12.1. The van der Waals surface area contributed by atoms with E-state index >= 15 is 0 Å². The van der Waals surface area contributed by atoms with Gasteiger partial charge in [0.15, 0.2) is 0 Å². The molecule has 21 heavy (non-hydrogen) atoms. The van der Waals surface area contributed by atoms with Crippen LogP contribution in [0.15, 0.2) is 0 Å². The van der Waals surface area contributed by atoms with E-state index in [9.17, 15) is 9.59 Å². The molecule has 1 rings (SSSR count). The molecule has 6 heteroatoms. The smallest absolute Gasteiger partial charge is 0.317 e. The Morgan fingerprint density at radius 3 is 2.43 bits per heavy atom. The SMILES string of the molecule is CCCCCC(C)NC(=O)N1CCN(CCC(=O)O)CC1. The fourth-order valence-electron chi connectivity index (χ4n) is 2.50. The highest BCUT2D eigenvalue weighted by molar-refractivity contribution is 5.74. The van der Waals surface area contributed by atoms with E-state index in [4.69, 9.17) is 5.11 Å². The van der Waals surface area contributed by atoms with Crippen molar-refractivity contribution < 1.29 is 14.7 Å². The van der Waals surface area contributed by atoms with Crippen LogP contribution in [0.4, 0.5) is 4.79 Å². The van der Waals surface area contributed by atoms with E-state index in [1.54, 1.807) is 0 Å². The molecule has 0 spiro atoms. The normalized spacial score (nSPS) is 17.5. The number of nitrogens with zero attached hydrogens (tertiary/aromatic N) is 2. The molecule has 1 unspecified atom stereocenters. The Bertz CT molecular complexity index is 328. The minimum Gasteiger partial charge on any atom is -0.481 e. The molecule has 0 aromatic heterocycles. The van der Waals surface area contributed by atoms with Crippen molar-refractivity contribution >= 4 is 12.0 Å². The molecule has 1 fully saturated rings. The molecule has 1 saturated heterocycles. The van der Waals surface area contributed by atoms with Gasteiger partial charge in [-0.3, -0.25) is 9.69 Å². The average molecular weight is 299 g/mol. The van der Waals surface area contributed by atoms with Crippen molar-refractivity contribution in [2.45, 2.75) is 52.0 Å². The Kier molecular flexibility index (Phi) is 8.12. The number of unbranched alkanes of at least 4 members (excludes halogenated alkanes) is 2. The number of carboxylic acid groups (broad SMARTS) is 1. The van der Waals surface area contributed by atoms with Crippen molar-refractivity contribution in [3.05, 3.63) is 0 Å². The van der Waals surface area contributed by atoms with E-state index < -0.39 is 5.97 Å². The summed E-state index contributed by atoms with van der Waals surface area (Å²) in [7, 11) is 0. The van der Waals surface area contributed by atoms with E-state index in [1.807, 2.05) is 4.90 Å². The largest absolute Gasteiger partial charge is 0.481 e. The van der Waals surface area contributed by atoms with Crippen LogP contribution in [0.5, 0.6) is 0 Å². The molecule has 0 radical (unpaired) electrons. The van der Waals surface area contributed by atoms with Gasteiger partial charge in [-0.1, -0.05) is 26.2 Å². The second kappa shape index (κ2) is 9.60. The van der Waals surface area contributed by atoms with Crippen molar-refractivity contribution in [3.8, 4) is 0 Å². The Morgan fingerprint density at radius 1 is 1.19 bits per heavy atom. The standard InChI is InChI=1S/C15H29N3O3/c1-3-4-5-6-13(2)16-15(21)18-11-9-17(10-12-18)8-7-14(19)20/h13H,3-12H2,1-2H3,(H,16,21)(H,19,20). The van der Waals surface area contributed by atoms with Crippen molar-refractivity contribution in [2.24, 2.45) is 0 Å². The van der Waals surface area contributed by atoms with Gasteiger partial charge in [-0.15, -0.1) is 0 Å². The molecule has 0 aromatic rings. The highest BCUT2D eigenvalue weighted by Gasteiger charge is 2.21. The third kappa shape index (κ3) is 7.32. The molecule has 0 aromatic carbocycles. The first-order chi connectivity index (χ1) is 10.0. The van der Waals surface area contributed by atoms with Crippen LogP contribution in [0.3, 0.4) is 0 Å². The first-order valence-corrected chi connectivity index (χ1v) is 8.02. The number of hydrogen-bond donors (Lipinski definition) is 2. The van der Waals surface area contributed by atoms with Gasteiger partial charge in [-0.05, 0) is 13.3 Å². The van der Waals surface area contributed by atoms with Crippen LogP contribution in [-0.2, 0) is 4.79 Å². The first kappa shape index (κ1) is 17.8. The molecule has 0 saturated carbocycles. The Hall–Kier alpha value is -1.30. The summed E-state index contributed by atoms with van der Waals surface area (Å²) in [6.07, 6.45) is 4.75. The lowest BCUT2D eigenvalue weighted by atomic mass is 10.1. The van der Waals surface area contributed by atoms with Gasteiger partial charge in [0.1, 0.15) is 0 Å². The number of carbonyl (C=O) groups is 2. The molecule has 1 aliphatic heterocycles. The summed E-state index contributed by atoms with van der Waals surface area (Å²) in [5.41, 5.74) is 0. The lowest BCUT2D eigenvalue weighted by Crippen LogP contribution is -2.53. The second-order valence-electron chi connectivity index (χ2n) is 5.82. The Morgan fingerprint density at radius 2 is 1.86 bits per heavy atom. The zero-order chi connectivity index (χ0) is 15.7. The molecule has 0 bridgehead atoms. The molecule has 6 nitrogen and oxygen atoms in total. The predicted octanol–water partition coefficient (Wildman–Crippen LogP) is 1.76. The molecule has 0 aliphatic carbocycles. The third-order valence-electron chi connectivity index (χ3n) is 3.91. The fourth-order valence-corrected chi connectivity index (χ4v) is 2.50. The number of piperazine rings is 1. The number of hydrogen-bond acceptors (Lipinski definition) is 3. The van der Waals surface area contributed by atoms with Crippen LogP contribution in [0.2, 0.25) is 0 Å². The van der Waals surface area contributed by atoms with Gasteiger partial charge in [0.05, 0.1) is 6.42 Å². The van der Waals surface area contributed by atoms with Crippen LogP contribution in [0, 0.1) is 0 Å². The van der Waals surface area contributed by atoms with Crippen molar-refractivity contribution in [3.63, 3.8) is 0 Å². The molecule has 1 atom stereocenters. The summed E-state index contributed by atoms with van der Waals surface area (Å²) in [5.74, 6) is -0.768. The highest BCUT2D eigenvalue weighted by atomic mass is 16.4. The quantitative estimate of drug-likeness (QED) is 0.670. The number of carbonyl (C=O) groups excluding carboxylic acids is 1. The maximum Gasteiger partial charge on any atom is 0.317 e. The van der Waals surface area contributed by atoms with E-state index in [-0.39, 0.29) is 18.5 Å². The second-order valence-corrected chi connectivity index (χ2v) is 5.82.